The summed E-state index contributed by atoms with van der Waals surface area (Å²) >= 11 is 0. The Kier molecular flexibility index (Phi) is 3.81. The van der Waals surface area contributed by atoms with Crippen molar-refractivity contribution >= 4 is 11.9 Å². The number of hydrogen-bond acceptors (Lipinski definition) is 2. The fourth-order valence-electron chi connectivity index (χ4n) is 4.24. The van der Waals surface area contributed by atoms with Crippen LogP contribution in [0, 0.1) is 23.7 Å². The molecule has 0 saturated heterocycles. The van der Waals surface area contributed by atoms with Gasteiger partial charge in [0.05, 0.1) is 11.8 Å². The van der Waals surface area contributed by atoms with Crippen LogP contribution in [0.15, 0.2) is 12.2 Å². The molecule has 2 fully saturated rings. The van der Waals surface area contributed by atoms with Crippen LogP contribution in [0.25, 0.3) is 0 Å². The highest BCUT2D eigenvalue weighted by Gasteiger charge is 2.51. The van der Waals surface area contributed by atoms with Gasteiger partial charge in [-0.15, -0.1) is 0 Å². The summed E-state index contributed by atoms with van der Waals surface area (Å²) in [5.41, 5.74) is 0. The van der Waals surface area contributed by atoms with Crippen molar-refractivity contribution in [3.8, 4) is 0 Å². The maximum Gasteiger partial charge on any atom is 0.307 e. The number of amides is 1. The molecule has 4 heteroatoms. The minimum absolute atomic E-state index is 0.0267. The Morgan fingerprint density at radius 1 is 0.950 bits per heavy atom. The van der Waals surface area contributed by atoms with Crippen molar-refractivity contribution in [2.24, 2.45) is 23.7 Å². The van der Waals surface area contributed by atoms with E-state index in [0.717, 1.165) is 19.3 Å². The first-order valence-electron chi connectivity index (χ1n) is 7.88. The maximum absolute atomic E-state index is 12.5. The molecule has 3 aliphatic rings. The predicted molar refractivity (Wildman–Crippen MR) is 75.0 cm³/mol. The minimum Gasteiger partial charge on any atom is -0.481 e. The summed E-state index contributed by atoms with van der Waals surface area (Å²) in [6.07, 6.45) is 11.8. The van der Waals surface area contributed by atoms with E-state index >= 15 is 0 Å². The first-order valence-corrected chi connectivity index (χ1v) is 7.88. The number of nitrogens with one attached hydrogen (secondary N) is 1. The maximum atomic E-state index is 12.5. The van der Waals surface area contributed by atoms with Gasteiger partial charge in [-0.2, -0.15) is 0 Å². The number of rotatable bonds is 3. The third kappa shape index (κ3) is 2.48. The van der Waals surface area contributed by atoms with Crippen LogP contribution in [0.1, 0.15) is 44.9 Å². The molecule has 2 bridgehead atoms. The first-order chi connectivity index (χ1) is 9.66. The fourth-order valence-corrected chi connectivity index (χ4v) is 4.24. The Hall–Kier alpha value is -1.32. The summed E-state index contributed by atoms with van der Waals surface area (Å²) in [7, 11) is 0. The van der Waals surface area contributed by atoms with E-state index in [9.17, 15) is 14.7 Å². The van der Waals surface area contributed by atoms with E-state index in [-0.39, 0.29) is 29.7 Å². The van der Waals surface area contributed by atoms with Crippen molar-refractivity contribution < 1.29 is 14.7 Å². The predicted octanol–water partition coefficient (Wildman–Crippen LogP) is 2.35. The van der Waals surface area contributed by atoms with Crippen LogP contribution in [-0.4, -0.2) is 23.0 Å². The van der Waals surface area contributed by atoms with Crippen LogP contribution < -0.4 is 5.32 Å². The Labute approximate surface area is 119 Å². The Morgan fingerprint density at radius 3 is 2.15 bits per heavy atom. The zero-order chi connectivity index (χ0) is 14.1. The highest BCUT2D eigenvalue weighted by Crippen LogP contribution is 2.48. The molecular formula is C16H23NO3. The van der Waals surface area contributed by atoms with Crippen molar-refractivity contribution in [1.29, 1.82) is 0 Å². The molecule has 110 valence electrons. The van der Waals surface area contributed by atoms with Crippen molar-refractivity contribution in [3.05, 3.63) is 12.2 Å². The van der Waals surface area contributed by atoms with Crippen LogP contribution in [0.4, 0.5) is 0 Å². The molecule has 3 aliphatic carbocycles. The van der Waals surface area contributed by atoms with E-state index in [2.05, 4.69) is 5.32 Å². The number of fused-ring (bicyclic) bond motifs is 2. The molecule has 1 amide bonds. The van der Waals surface area contributed by atoms with Gasteiger partial charge in [0, 0.05) is 6.04 Å². The Bertz CT molecular complexity index is 423. The fraction of sp³-hybridized carbons (Fsp3) is 0.750. The van der Waals surface area contributed by atoms with Crippen LogP contribution in [0.3, 0.4) is 0 Å². The molecule has 4 atom stereocenters. The molecule has 0 spiro atoms. The van der Waals surface area contributed by atoms with Gasteiger partial charge in [0.1, 0.15) is 0 Å². The van der Waals surface area contributed by atoms with Gasteiger partial charge in [-0.25, -0.2) is 0 Å². The second-order valence-corrected chi connectivity index (χ2v) is 6.54. The van der Waals surface area contributed by atoms with E-state index in [1.165, 1.54) is 25.7 Å². The molecule has 2 unspecified atom stereocenters. The zero-order valence-electron chi connectivity index (χ0n) is 11.8. The Morgan fingerprint density at radius 2 is 1.55 bits per heavy atom. The highest BCUT2D eigenvalue weighted by atomic mass is 16.4. The normalized spacial score (nSPS) is 36.8. The molecule has 0 radical (unpaired) electrons. The number of carbonyl (C=O) groups excluding carboxylic acids is 1. The van der Waals surface area contributed by atoms with E-state index in [4.69, 9.17) is 0 Å². The van der Waals surface area contributed by atoms with Gasteiger partial charge in [0.25, 0.3) is 0 Å². The van der Waals surface area contributed by atoms with E-state index in [0.29, 0.717) is 0 Å². The van der Waals surface area contributed by atoms with Gasteiger partial charge in [-0.1, -0.05) is 37.8 Å². The average Bonchev–Trinajstić information content (AvgIpc) is 2.93. The lowest BCUT2D eigenvalue weighted by atomic mass is 9.82. The van der Waals surface area contributed by atoms with Gasteiger partial charge in [0.2, 0.25) is 5.91 Å². The van der Waals surface area contributed by atoms with E-state index < -0.39 is 11.9 Å². The summed E-state index contributed by atoms with van der Waals surface area (Å²) in [4.78, 5) is 24.0. The molecule has 4 nitrogen and oxygen atoms in total. The molecule has 0 aliphatic heterocycles. The molecule has 3 rings (SSSR count). The lowest BCUT2D eigenvalue weighted by molar-refractivity contribution is -0.148. The van der Waals surface area contributed by atoms with Gasteiger partial charge >= 0.3 is 5.97 Å². The zero-order valence-corrected chi connectivity index (χ0v) is 11.8. The van der Waals surface area contributed by atoms with Crippen LogP contribution in [0.2, 0.25) is 0 Å². The second-order valence-electron chi connectivity index (χ2n) is 6.54. The van der Waals surface area contributed by atoms with E-state index in [1.807, 2.05) is 12.2 Å². The van der Waals surface area contributed by atoms with Gasteiger partial charge < -0.3 is 10.4 Å². The third-order valence-electron chi connectivity index (χ3n) is 5.25. The van der Waals surface area contributed by atoms with Gasteiger partial charge in [0.15, 0.2) is 0 Å². The lowest BCUT2D eigenvalue weighted by Crippen LogP contribution is -2.44. The number of carboxylic acid groups (broad SMARTS) is 1. The largest absolute Gasteiger partial charge is 0.481 e. The molecule has 2 saturated carbocycles. The van der Waals surface area contributed by atoms with Crippen molar-refractivity contribution in [2.45, 2.75) is 51.0 Å². The molecule has 0 aromatic heterocycles. The summed E-state index contributed by atoms with van der Waals surface area (Å²) < 4.78 is 0. The molecule has 0 heterocycles. The average molecular weight is 277 g/mol. The monoisotopic (exact) mass is 277 g/mol. The van der Waals surface area contributed by atoms with Crippen LogP contribution in [0.5, 0.6) is 0 Å². The third-order valence-corrected chi connectivity index (χ3v) is 5.25. The SMILES string of the molecule is O=C(O)[C@@H]1C2C=CC(C2)[C@@H]1C(=O)NC1CCCCCC1. The second kappa shape index (κ2) is 5.58. The minimum atomic E-state index is -0.817. The Balaban J connectivity index is 1.66. The number of aliphatic carboxylic acids is 1. The summed E-state index contributed by atoms with van der Waals surface area (Å²) in [6.45, 7) is 0. The number of allylic oxidation sites excluding steroid dienone is 2. The van der Waals surface area contributed by atoms with Crippen molar-refractivity contribution in [2.75, 3.05) is 0 Å². The molecule has 0 aromatic carbocycles. The van der Waals surface area contributed by atoms with Crippen LogP contribution >= 0.6 is 0 Å². The summed E-state index contributed by atoms with van der Waals surface area (Å²) in [5.74, 6) is -1.53. The van der Waals surface area contributed by atoms with Crippen LogP contribution in [-0.2, 0) is 9.59 Å². The quantitative estimate of drug-likeness (QED) is 0.614. The number of hydrogen-bond donors (Lipinski definition) is 2. The smallest absolute Gasteiger partial charge is 0.307 e. The first kappa shape index (κ1) is 13.7. The molecular weight excluding hydrogens is 254 g/mol. The molecule has 20 heavy (non-hydrogen) atoms. The van der Waals surface area contributed by atoms with Gasteiger partial charge in [-0.05, 0) is 31.1 Å². The number of carbonyl (C=O) groups is 2. The summed E-state index contributed by atoms with van der Waals surface area (Å²) in [6, 6.07) is 0.252. The van der Waals surface area contributed by atoms with Crippen molar-refractivity contribution in [3.63, 3.8) is 0 Å². The topological polar surface area (TPSA) is 66.4 Å². The van der Waals surface area contributed by atoms with E-state index in [1.54, 1.807) is 0 Å². The lowest BCUT2D eigenvalue weighted by Gasteiger charge is -2.26. The van der Waals surface area contributed by atoms with Gasteiger partial charge in [-0.3, -0.25) is 9.59 Å². The summed E-state index contributed by atoms with van der Waals surface area (Å²) in [5, 5.41) is 12.5. The molecule has 2 N–H and O–H groups in total. The highest BCUT2D eigenvalue weighted by molar-refractivity contribution is 5.87. The standard InChI is InChI=1S/C16H23NO3/c18-15(17-12-5-3-1-2-4-6-12)13-10-7-8-11(9-10)14(13)16(19)20/h7-8,10-14H,1-6,9H2,(H,17,18)(H,19,20)/t10?,11?,13-,14+/m0/s1. The molecule has 0 aromatic rings. The number of carboxylic acids is 1. The van der Waals surface area contributed by atoms with Crippen molar-refractivity contribution in [1.82, 2.24) is 5.32 Å².